The van der Waals surface area contributed by atoms with Crippen molar-refractivity contribution in [2.45, 2.75) is 63.9 Å². The van der Waals surface area contributed by atoms with Crippen molar-refractivity contribution in [3.8, 4) is 0 Å². The molecule has 0 aliphatic heterocycles. The molecule has 1 atom stereocenters. The number of nitrogens with one attached hydrogen (secondary N) is 1. The molecule has 1 N–H and O–H groups in total. The minimum atomic E-state index is -0.585. The third-order valence-electron chi connectivity index (χ3n) is 5.75. The van der Waals surface area contributed by atoms with E-state index in [9.17, 15) is 14.0 Å². The van der Waals surface area contributed by atoms with Crippen LogP contribution in [0, 0.1) is 12.7 Å². The molecule has 0 heterocycles. The monoisotopic (exact) mass is 442 g/mol. The van der Waals surface area contributed by atoms with Gasteiger partial charge in [-0.05, 0) is 49.9 Å². The van der Waals surface area contributed by atoms with Gasteiger partial charge in [0.15, 0.2) is 0 Å². The fraction of sp³-hybridized carbons (Fsp3) is 0.440. The predicted molar refractivity (Wildman–Crippen MR) is 124 cm³/mol. The van der Waals surface area contributed by atoms with E-state index >= 15 is 0 Å². The molecule has 1 aliphatic rings. The molecule has 0 unspecified atom stereocenters. The summed E-state index contributed by atoms with van der Waals surface area (Å²) in [5, 5.41) is 3.10. The van der Waals surface area contributed by atoms with Crippen LogP contribution >= 0.6 is 11.8 Å². The molecule has 0 saturated heterocycles. The Balaban J connectivity index is 1.64. The van der Waals surface area contributed by atoms with Gasteiger partial charge in [-0.15, -0.1) is 11.8 Å². The molecule has 166 valence electrons. The molecular weight excluding hydrogens is 411 g/mol. The molecular formula is C25H31FN2O2S. The zero-order chi connectivity index (χ0) is 22.2. The first kappa shape index (κ1) is 23.3. The molecule has 31 heavy (non-hydrogen) atoms. The highest BCUT2D eigenvalue weighted by Gasteiger charge is 2.28. The number of benzene rings is 2. The summed E-state index contributed by atoms with van der Waals surface area (Å²) < 4.78 is 13.3. The van der Waals surface area contributed by atoms with Crippen molar-refractivity contribution in [1.82, 2.24) is 10.2 Å². The molecule has 2 aromatic rings. The second-order valence-corrected chi connectivity index (χ2v) is 9.28. The number of halogens is 1. The highest BCUT2D eigenvalue weighted by atomic mass is 32.2. The van der Waals surface area contributed by atoms with Gasteiger partial charge in [0.25, 0.3) is 0 Å². The Morgan fingerprint density at radius 2 is 1.68 bits per heavy atom. The highest BCUT2D eigenvalue weighted by Crippen LogP contribution is 2.20. The summed E-state index contributed by atoms with van der Waals surface area (Å²) in [6.45, 7) is 4.10. The second kappa shape index (κ2) is 11.3. The molecule has 2 aromatic carbocycles. The van der Waals surface area contributed by atoms with Crippen LogP contribution in [-0.2, 0) is 21.9 Å². The summed E-state index contributed by atoms with van der Waals surface area (Å²) in [6, 6.07) is 14.0. The van der Waals surface area contributed by atoms with Crippen molar-refractivity contribution < 1.29 is 14.0 Å². The normalized spacial score (nSPS) is 14.9. The van der Waals surface area contributed by atoms with E-state index in [0.717, 1.165) is 37.0 Å². The van der Waals surface area contributed by atoms with Crippen molar-refractivity contribution >= 4 is 23.6 Å². The van der Waals surface area contributed by atoms with Crippen LogP contribution < -0.4 is 5.32 Å². The van der Waals surface area contributed by atoms with Gasteiger partial charge in [-0.2, -0.15) is 0 Å². The van der Waals surface area contributed by atoms with Crippen LogP contribution in [0.25, 0.3) is 0 Å². The number of carbonyl (C=O) groups is 2. The number of nitrogens with zero attached hydrogens (tertiary/aromatic N) is 1. The number of aryl methyl sites for hydroxylation is 1. The molecule has 0 aromatic heterocycles. The minimum absolute atomic E-state index is 0.0875. The molecule has 1 aliphatic carbocycles. The van der Waals surface area contributed by atoms with E-state index in [1.807, 2.05) is 6.92 Å². The van der Waals surface area contributed by atoms with Crippen LogP contribution in [0.1, 0.15) is 49.3 Å². The second-order valence-electron chi connectivity index (χ2n) is 8.29. The topological polar surface area (TPSA) is 49.4 Å². The summed E-state index contributed by atoms with van der Waals surface area (Å²) in [6.07, 6.45) is 4.26. The van der Waals surface area contributed by atoms with Crippen molar-refractivity contribution in [2.24, 2.45) is 0 Å². The van der Waals surface area contributed by atoms with Crippen LogP contribution in [0.4, 0.5) is 4.39 Å². The average molecular weight is 443 g/mol. The lowest BCUT2D eigenvalue weighted by Crippen LogP contribution is -2.50. The summed E-state index contributed by atoms with van der Waals surface area (Å²) in [7, 11) is 0. The zero-order valence-corrected chi connectivity index (χ0v) is 19.1. The molecule has 1 saturated carbocycles. The van der Waals surface area contributed by atoms with E-state index in [0.29, 0.717) is 0 Å². The van der Waals surface area contributed by atoms with Gasteiger partial charge in [0.2, 0.25) is 11.8 Å². The number of hydrogen-bond donors (Lipinski definition) is 1. The summed E-state index contributed by atoms with van der Waals surface area (Å²) in [5.41, 5.74) is 3.18. The van der Waals surface area contributed by atoms with Gasteiger partial charge in [-0.1, -0.05) is 54.8 Å². The van der Waals surface area contributed by atoms with Gasteiger partial charge < -0.3 is 10.2 Å². The SMILES string of the molecule is Cc1ccc(CSCC(=O)N(Cc2ccc(F)cc2)[C@@H](C)C(=O)NC2CCCC2)cc1. The summed E-state index contributed by atoms with van der Waals surface area (Å²) in [4.78, 5) is 27.5. The number of hydrogen-bond acceptors (Lipinski definition) is 3. The van der Waals surface area contributed by atoms with E-state index in [4.69, 9.17) is 0 Å². The van der Waals surface area contributed by atoms with Crippen LogP contribution in [0.3, 0.4) is 0 Å². The lowest BCUT2D eigenvalue weighted by atomic mass is 10.1. The van der Waals surface area contributed by atoms with Crippen molar-refractivity contribution in [1.29, 1.82) is 0 Å². The van der Waals surface area contributed by atoms with Gasteiger partial charge in [-0.25, -0.2) is 4.39 Å². The lowest BCUT2D eigenvalue weighted by Gasteiger charge is -2.29. The van der Waals surface area contributed by atoms with Crippen LogP contribution in [0.5, 0.6) is 0 Å². The predicted octanol–water partition coefficient (Wildman–Crippen LogP) is 4.84. The van der Waals surface area contributed by atoms with Gasteiger partial charge in [0.05, 0.1) is 5.75 Å². The largest absolute Gasteiger partial charge is 0.352 e. The highest BCUT2D eigenvalue weighted by molar-refractivity contribution is 7.99. The maximum atomic E-state index is 13.3. The first-order valence-electron chi connectivity index (χ1n) is 10.9. The maximum Gasteiger partial charge on any atom is 0.242 e. The van der Waals surface area contributed by atoms with Crippen LogP contribution in [-0.4, -0.2) is 34.6 Å². The Bertz CT molecular complexity index is 864. The van der Waals surface area contributed by atoms with Crippen molar-refractivity contribution in [3.05, 3.63) is 71.0 Å². The molecule has 0 spiro atoms. The standard InChI is InChI=1S/C25H31FN2O2S/c1-18-7-9-21(10-8-18)16-31-17-24(29)28(15-20-11-13-22(26)14-12-20)19(2)25(30)27-23-5-3-4-6-23/h7-14,19,23H,3-6,15-17H2,1-2H3,(H,27,30)/t19-/m0/s1. The molecule has 0 radical (unpaired) electrons. The Morgan fingerprint density at radius 3 is 2.32 bits per heavy atom. The van der Waals surface area contributed by atoms with E-state index < -0.39 is 6.04 Å². The third kappa shape index (κ3) is 7.10. The van der Waals surface area contributed by atoms with Crippen molar-refractivity contribution in [2.75, 3.05) is 5.75 Å². The number of rotatable bonds is 9. The van der Waals surface area contributed by atoms with E-state index in [1.165, 1.54) is 23.3 Å². The Morgan fingerprint density at radius 1 is 1.06 bits per heavy atom. The molecule has 1 fully saturated rings. The van der Waals surface area contributed by atoms with Crippen LogP contribution in [0.15, 0.2) is 48.5 Å². The lowest BCUT2D eigenvalue weighted by molar-refractivity contribution is -0.138. The first-order chi connectivity index (χ1) is 14.9. The molecule has 0 bridgehead atoms. The average Bonchev–Trinajstić information content (AvgIpc) is 3.27. The molecule has 3 rings (SSSR count). The first-order valence-corrected chi connectivity index (χ1v) is 12.1. The quantitative estimate of drug-likeness (QED) is 0.604. The fourth-order valence-electron chi connectivity index (χ4n) is 3.78. The fourth-order valence-corrected chi connectivity index (χ4v) is 4.66. The minimum Gasteiger partial charge on any atom is -0.352 e. The molecule has 4 nitrogen and oxygen atoms in total. The van der Waals surface area contributed by atoms with E-state index in [1.54, 1.807) is 35.7 Å². The Kier molecular flexibility index (Phi) is 8.52. The van der Waals surface area contributed by atoms with Gasteiger partial charge >= 0.3 is 0 Å². The zero-order valence-electron chi connectivity index (χ0n) is 18.3. The van der Waals surface area contributed by atoms with Gasteiger partial charge in [0, 0.05) is 18.3 Å². The maximum absolute atomic E-state index is 13.3. The smallest absolute Gasteiger partial charge is 0.242 e. The van der Waals surface area contributed by atoms with Gasteiger partial charge in [-0.3, -0.25) is 9.59 Å². The number of carbonyl (C=O) groups excluding carboxylic acids is 2. The van der Waals surface area contributed by atoms with E-state index in [2.05, 4.69) is 29.6 Å². The Hall–Kier alpha value is -2.34. The summed E-state index contributed by atoms with van der Waals surface area (Å²) >= 11 is 1.54. The van der Waals surface area contributed by atoms with Crippen LogP contribution in [0.2, 0.25) is 0 Å². The number of amides is 2. The molecule has 2 amide bonds. The number of thioether (sulfide) groups is 1. The molecule has 6 heteroatoms. The third-order valence-corrected chi connectivity index (χ3v) is 6.74. The van der Waals surface area contributed by atoms with E-state index in [-0.39, 0.29) is 36.0 Å². The Labute approximate surface area is 188 Å². The van der Waals surface area contributed by atoms with Gasteiger partial charge in [0.1, 0.15) is 11.9 Å². The van der Waals surface area contributed by atoms with Crippen molar-refractivity contribution in [3.63, 3.8) is 0 Å². The summed E-state index contributed by atoms with van der Waals surface area (Å²) in [5.74, 6) is 0.499.